The number of halogens is 2. The number of ether oxygens (including phenoxy) is 1. The van der Waals surface area contributed by atoms with Crippen molar-refractivity contribution in [2.75, 3.05) is 18.5 Å². The maximum absolute atomic E-state index is 13.6. The van der Waals surface area contributed by atoms with E-state index in [2.05, 4.69) is 26.6 Å². The van der Waals surface area contributed by atoms with Gasteiger partial charge in [-0.2, -0.15) is 0 Å². The lowest BCUT2D eigenvalue weighted by Crippen LogP contribution is -2.32. The van der Waals surface area contributed by atoms with Crippen LogP contribution in [0, 0.1) is 12.7 Å². The lowest BCUT2D eigenvalue weighted by Gasteiger charge is -2.10. The van der Waals surface area contributed by atoms with Gasteiger partial charge in [-0.05, 0) is 42.8 Å². The maximum Gasteiger partial charge on any atom is 0.319 e. The number of amides is 2. The van der Waals surface area contributed by atoms with Crippen molar-refractivity contribution in [2.24, 2.45) is 0 Å². The molecule has 0 bridgehead atoms. The van der Waals surface area contributed by atoms with E-state index in [1.165, 1.54) is 12.1 Å². The van der Waals surface area contributed by atoms with E-state index in [-0.39, 0.29) is 5.69 Å². The molecule has 0 aliphatic rings. The lowest BCUT2D eigenvalue weighted by molar-refractivity contribution is 0.247. The molecule has 0 saturated heterocycles. The van der Waals surface area contributed by atoms with Gasteiger partial charge in [0.25, 0.3) is 0 Å². The van der Waals surface area contributed by atoms with Crippen molar-refractivity contribution in [1.82, 2.24) is 5.32 Å². The van der Waals surface area contributed by atoms with E-state index in [1.54, 1.807) is 6.07 Å². The summed E-state index contributed by atoms with van der Waals surface area (Å²) in [7, 11) is 0. The van der Waals surface area contributed by atoms with E-state index in [0.717, 1.165) is 11.3 Å². The van der Waals surface area contributed by atoms with Crippen LogP contribution in [0.5, 0.6) is 5.75 Å². The van der Waals surface area contributed by atoms with Crippen molar-refractivity contribution in [1.29, 1.82) is 0 Å². The first-order valence-electron chi connectivity index (χ1n) is 6.74. The smallest absolute Gasteiger partial charge is 0.319 e. The Morgan fingerprint density at radius 3 is 2.82 bits per heavy atom. The number of nitrogens with one attached hydrogen (secondary N) is 2. The molecule has 2 amide bonds. The molecule has 0 fully saturated rings. The Morgan fingerprint density at radius 2 is 2.09 bits per heavy atom. The topological polar surface area (TPSA) is 50.4 Å². The molecule has 0 radical (unpaired) electrons. The zero-order chi connectivity index (χ0) is 15.9. The standard InChI is InChI=1S/C16H16BrFN2O2/c1-11-3-2-4-13(9-11)22-8-7-19-16(21)20-15-6-5-12(17)10-14(15)18/h2-6,9-10H,7-8H2,1H3,(H2,19,20,21). The second kappa shape index (κ2) is 7.79. The van der Waals surface area contributed by atoms with Gasteiger partial charge in [0.05, 0.1) is 12.2 Å². The van der Waals surface area contributed by atoms with E-state index in [4.69, 9.17) is 4.74 Å². The van der Waals surface area contributed by atoms with Crippen molar-refractivity contribution < 1.29 is 13.9 Å². The third-order valence-corrected chi connectivity index (χ3v) is 3.32. The highest BCUT2D eigenvalue weighted by Crippen LogP contribution is 2.19. The monoisotopic (exact) mass is 366 g/mol. The van der Waals surface area contributed by atoms with Crippen LogP contribution in [0.2, 0.25) is 0 Å². The number of carbonyl (C=O) groups is 1. The molecular weight excluding hydrogens is 351 g/mol. The molecule has 0 saturated carbocycles. The van der Waals surface area contributed by atoms with Gasteiger partial charge in [0.2, 0.25) is 0 Å². The van der Waals surface area contributed by atoms with Crippen LogP contribution in [0.1, 0.15) is 5.56 Å². The Morgan fingerprint density at radius 1 is 1.27 bits per heavy atom. The van der Waals surface area contributed by atoms with Gasteiger partial charge in [0.1, 0.15) is 18.2 Å². The summed E-state index contributed by atoms with van der Waals surface area (Å²) in [6.07, 6.45) is 0. The third kappa shape index (κ3) is 5.04. The summed E-state index contributed by atoms with van der Waals surface area (Å²) in [6.45, 7) is 2.63. The average Bonchev–Trinajstić information content (AvgIpc) is 2.47. The minimum Gasteiger partial charge on any atom is -0.492 e. The zero-order valence-electron chi connectivity index (χ0n) is 12.0. The molecule has 116 valence electrons. The predicted octanol–water partition coefficient (Wildman–Crippen LogP) is 4.10. The quantitative estimate of drug-likeness (QED) is 0.782. The van der Waals surface area contributed by atoms with Gasteiger partial charge in [-0.3, -0.25) is 0 Å². The summed E-state index contributed by atoms with van der Waals surface area (Å²) in [4.78, 5) is 11.7. The molecule has 2 N–H and O–H groups in total. The molecule has 6 heteroatoms. The van der Waals surface area contributed by atoms with E-state index >= 15 is 0 Å². The highest BCUT2D eigenvalue weighted by atomic mass is 79.9. The first kappa shape index (κ1) is 16.3. The van der Waals surface area contributed by atoms with Crippen molar-refractivity contribution in [2.45, 2.75) is 6.92 Å². The van der Waals surface area contributed by atoms with Crippen molar-refractivity contribution >= 4 is 27.6 Å². The second-order valence-corrected chi connectivity index (χ2v) is 5.59. The van der Waals surface area contributed by atoms with Gasteiger partial charge >= 0.3 is 6.03 Å². The van der Waals surface area contributed by atoms with Crippen LogP contribution >= 0.6 is 15.9 Å². The molecular formula is C16H16BrFN2O2. The number of carbonyl (C=O) groups excluding carboxylic acids is 1. The Bertz CT molecular complexity index is 664. The Hall–Kier alpha value is -2.08. The fraction of sp³-hybridized carbons (Fsp3) is 0.188. The normalized spacial score (nSPS) is 10.1. The van der Waals surface area contributed by atoms with Crippen LogP contribution in [-0.2, 0) is 0 Å². The lowest BCUT2D eigenvalue weighted by atomic mass is 10.2. The van der Waals surface area contributed by atoms with E-state index in [9.17, 15) is 9.18 Å². The van der Waals surface area contributed by atoms with Crippen LogP contribution in [0.25, 0.3) is 0 Å². The molecule has 0 heterocycles. The number of aryl methyl sites for hydroxylation is 1. The fourth-order valence-corrected chi connectivity index (χ4v) is 2.13. The van der Waals surface area contributed by atoms with E-state index < -0.39 is 11.8 Å². The van der Waals surface area contributed by atoms with E-state index in [0.29, 0.717) is 17.6 Å². The Labute approximate surface area is 136 Å². The SMILES string of the molecule is Cc1cccc(OCCNC(=O)Nc2ccc(Br)cc2F)c1. The minimum absolute atomic E-state index is 0.125. The summed E-state index contributed by atoms with van der Waals surface area (Å²) in [5.41, 5.74) is 1.23. The molecule has 4 nitrogen and oxygen atoms in total. The highest BCUT2D eigenvalue weighted by molar-refractivity contribution is 9.10. The predicted molar refractivity (Wildman–Crippen MR) is 87.8 cm³/mol. The molecule has 0 spiro atoms. The first-order chi connectivity index (χ1) is 10.5. The molecule has 22 heavy (non-hydrogen) atoms. The third-order valence-electron chi connectivity index (χ3n) is 2.83. The maximum atomic E-state index is 13.6. The van der Waals surface area contributed by atoms with Crippen molar-refractivity contribution in [3.8, 4) is 5.75 Å². The molecule has 0 aromatic heterocycles. The summed E-state index contributed by atoms with van der Waals surface area (Å²) >= 11 is 3.16. The van der Waals surface area contributed by atoms with Gasteiger partial charge in [0.15, 0.2) is 0 Å². The highest BCUT2D eigenvalue weighted by Gasteiger charge is 2.06. The van der Waals surface area contributed by atoms with Gasteiger partial charge in [-0.15, -0.1) is 0 Å². The molecule has 2 rings (SSSR count). The molecule has 0 aliphatic heterocycles. The number of urea groups is 1. The zero-order valence-corrected chi connectivity index (χ0v) is 13.6. The largest absolute Gasteiger partial charge is 0.492 e. The van der Waals surface area contributed by atoms with Crippen LogP contribution in [-0.4, -0.2) is 19.2 Å². The number of benzene rings is 2. The molecule has 0 aliphatic carbocycles. The summed E-state index contributed by atoms with van der Waals surface area (Å²) < 4.78 is 19.7. The average molecular weight is 367 g/mol. The molecule has 0 unspecified atom stereocenters. The second-order valence-electron chi connectivity index (χ2n) is 4.67. The fourth-order valence-electron chi connectivity index (χ4n) is 1.80. The van der Waals surface area contributed by atoms with Crippen LogP contribution in [0.4, 0.5) is 14.9 Å². The van der Waals surface area contributed by atoms with Crippen molar-refractivity contribution in [3.63, 3.8) is 0 Å². The number of hydrogen-bond acceptors (Lipinski definition) is 2. The summed E-state index contributed by atoms with van der Waals surface area (Å²) in [5, 5.41) is 5.05. The van der Waals surface area contributed by atoms with Gasteiger partial charge in [0, 0.05) is 4.47 Å². The minimum atomic E-state index is -0.500. The van der Waals surface area contributed by atoms with Gasteiger partial charge < -0.3 is 15.4 Å². The Kier molecular flexibility index (Phi) is 5.77. The van der Waals surface area contributed by atoms with Crippen LogP contribution in [0.15, 0.2) is 46.9 Å². The summed E-state index contributed by atoms with van der Waals surface area (Å²) in [6, 6.07) is 11.6. The summed E-state index contributed by atoms with van der Waals surface area (Å²) in [5.74, 6) is 0.252. The first-order valence-corrected chi connectivity index (χ1v) is 7.53. The van der Waals surface area contributed by atoms with Crippen molar-refractivity contribution in [3.05, 3.63) is 58.3 Å². The number of hydrogen-bond donors (Lipinski definition) is 2. The molecule has 2 aromatic carbocycles. The van der Waals surface area contributed by atoms with Crippen LogP contribution in [0.3, 0.4) is 0 Å². The molecule has 2 aromatic rings. The van der Waals surface area contributed by atoms with Crippen LogP contribution < -0.4 is 15.4 Å². The number of anilines is 1. The molecule has 0 atom stereocenters. The number of rotatable bonds is 5. The van der Waals surface area contributed by atoms with E-state index in [1.807, 2.05) is 31.2 Å². The van der Waals surface area contributed by atoms with Gasteiger partial charge in [-0.1, -0.05) is 28.1 Å². The van der Waals surface area contributed by atoms with Gasteiger partial charge in [-0.25, -0.2) is 9.18 Å². The Balaban J connectivity index is 1.74.